The highest BCUT2D eigenvalue weighted by atomic mass is 79.9. The van der Waals surface area contributed by atoms with Crippen LogP contribution in [0.4, 0.5) is 0 Å². The molecular formula is C12H25Br. The Balaban J connectivity index is 2.91. The topological polar surface area (TPSA) is 0 Å². The van der Waals surface area contributed by atoms with Gasteiger partial charge in [-0.2, -0.15) is 0 Å². The average Bonchev–Trinajstić information content (AvgIpc) is 2.16. The zero-order chi connectivity index (χ0) is 9.94. The lowest BCUT2D eigenvalue weighted by Gasteiger charge is -2.07. The second-order valence-electron chi connectivity index (χ2n) is 4.11. The lowest BCUT2D eigenvalue weighted by Crippen LogP contribution is -1.91. The summed E-state index contributed by atoms with van der Waals surface area (Å²) in [6.07, 6.45) is 11.3. The molecule has 0 radical (unpaired) electrons. The number of hydrogen-bond acceptors (Lipinski definition) is 0. The van der Waals surface area contributed by atoms with Gasteiger partial charge in [-0.3, -0.25) is 0 Å². The maximum Gasteiger partial charge on any atom is 0.00313 e. The fraction of sp³-hybridized carbons (Fsp3) is 1.00. The summed E-state index contributed by atoms with van der Waals surface area (Å²) in [5.74, 6) is 0.947. The lowest BCUT2D eigenvalue weighted by molar-refractivity contribution is 0.472. The van der Waals surface area contributed by atoms with E-state index in [1.807, 2.05) is 0 Å². The Hall–Kier alpha value is 0.480. The van der Waals surface area contributed by atoms with E-state index in [9.17, 15) is 0 Å². The number of halogens is 1. The van der Waals surface area contributed by atoms with Gasteiger partial charge in [0.25, 0.3) is 0 Å². The van der Waals surface area contributed by atoms with Crippen molar-refractivity contribution in [3.8, 4) is 0 Å². The second-order valence-corrected chi connectivity index (χ2v) is 4.91. The Morgan fingerprint density at radius 1 is 0.923 bits per heavy atom. The van der Waals surface area contributed by atoms with E-state index >= 15 is 0 Å². The number of rotatable bonds is 9. The molecule has 1 heteroatoms. The molecule has 0 nitrogen and oxygen atoms in total. The van der Waals surface area contributed by atoms with Crippen LogP contribution in [0.5, 0.6) is 0 Å². The van der Waals surface area contributed by atoms with Crippen LogP contribution in [0, 0.1) is 5.92 Å². The fourth-order valence-corrected chi connectivity index (χ4v) is 1.90. The summed E-state index contributed by atoms with van der Waals surface area (Å²) in [4.78, 5) is 0. The predicted octanol–water partition coefficient (Wildman–Crippen LogP) is 5.16. The molecule has 0 aromatic rings. The lowest BCUT2D eigenvalue weighted by atomic mass is 10.00. The molecule has 0 bridgehead atoms. The SMILES string of the molecule is CCC(C)CCCCCCCCBr. The third-order valence-corrected chi connectivity index (χ3v) is 3.34. The Labute approximate surface area is 92.6 Å². The summed E-state index contributed by atoms with van der Waals surface area (Å²) in [6, 6.07) is 0. The molecule has 0 amide bonds. The first kappa shape index (κ1) is 13.5. The minimum Gasteiger partial charge on any atom is -0.0928 e. The smallest absolute Gasteiger partial charge is 0.00313 e. The van der Waals surface area contributed by atoms with Gasteiger partial charge in [0.05, 0.1) is 0 Å². The Morgan fingerprint density at radius 3 is 2.00 bits per heavy atom. The highest BCUT2D eigenvalue weighted by Crippen LogP contribution is 2.14. The van der Waals surface area contributed by atoms with Gasteiger partial charge in [-0.1, -0.05) is 74.7 Å². The number of unbranched alkanes of at least 4 members (excludes halogenated alkanes) is 5. The molecule has 0 spiro atoms. The first-order chi connectivity index (χ1) is 6.31. The van der Waals surface area contributed by atoms with Gasteiger partial charge in [-0.05, 0) is 12.3 Å². The van der Waals surface area contributed by atoms with Gasteiger partial charge in [0.2, 0.25) is 0 Å². The molecule has 0 saturated carbocycles. The monoisotopic (exact) mass is 248 g/mol. The van der Waals surface area contributed by atoms with Crippen LogP contribution in [0.2, 0.25) is 0 Å². The summed E-state index contributed by atoms with van der Waals surface area (Å²) in [5.41, 5.74) is 0. The molecule has 0 heterocycles. The molecular weight excluding hydrogens is 224 g/mol. The van der Waals surface area contributed by atoms with Crippen LogP contribution in [0.15, 0.2) is 0 Å². The molecule has 1 atom stereocenters. The minimum atomic E-state index is 0.947. The summed E-state index contributed by atoms with van der Waals surface area (Å²) in [7, 11) is 0. The standard InChI is InChI=1S/C12H25Br/c1-3-12(2)10-8-6-4-5-7-9-11-13/h12H,3-11H2,1-2H3. The molecule has 80 valence electrons. The van der Waals surface area contributed by atoms with Crippen molar-refractivity contribution < 1.29 is 0 Å². The fourth-order valence-electron chi connectivity index (χ4n) is 1.50. The molecule has 0 aromatic heterocycles. The van der Waals surface area contributed by atoms with Crippen LogP contribution in [-0.4, -0.2) is 5.33 Å². The largest absolute Gasteiger partial charge is 0.0928 e. The van der Waals surface area contributed by atoms with Gasteiger partial charge in [0.15, 0.2) is 0 Å². The number of alkyl halides is 1. The van der Waals surface area contributed by atoms with Crippen molar-refractivity contribution in [2.45, 2.75) is 65.2 Å². The summed E-state index contributed by atoms with van der Waals surface area (Å²) in [5, 5.41) is 1.18. The summed E-state index contributed by atoms with van der Waals surface area (Å²) >= 11 is 3.46. The zero-order valence-electron chi connectivity index (χ0n) is 9.32. The molecule has 0 aromatic carbocycles. The van der Waals surface area contributed by atoms with Gasteiger partial charge in [0, 0.05) is 5.33 Å². The maximum atomic E-state index is 3.46. The first-order valence-corrected chi connectivity index (χ1v) is 6.99. The van der Waals surface area contributed by atoms with Crippen molar-refractivity contribution in [3.63, 3.8) is 0 Å². The van der Waals surface area contributed by atoms with Crippen LogP contribution in [0.1, 0.15) is 65.2 Å². The van der Waals surface area contributed by atoms with E-state index in [1.165, 1.54) is 56.7 Å². The molecule has 0 saturated heterocycles. The molecule has 0 rings (SSSR count). The molecule has 0 N–H and O–H groups in total. The van der Waals surface area contributed by atoms with Crippen molar-refractivity contribution in [2.24, 2.45) is 5.92 Å². The molecule has 0 aliphatic rings. The Morgan fingerprint density at radius 2 is 1.46 bits per heavy atom. The van der Waals surface area contributed by atoms with Crippen LogP contribution < -0.4 is 0 Å². The molecule has 1 unspecified atom stereocenters. The highest BCUT2D eigenvalue weighted by molar-refractivity contribution is 9.09. The van der Waals surface area contributed by atoms with E-state index in [0.717, 1.165) is 5.92 Å². The van der Waals surface area contributed by atoms with Gasteiger partial charge < -0.3 is 0 Å². The number of hydrogen-bond donors (Lipinski definition) is 0. The van der Waals surface area contributed by atoms with E-state index in [0.29, 0.717) is 0 Å². The zero-order valence-corrected chi connectivity index (χ0v) is 10.9. The van der Waals surface area contributed by atoms with E-state index < -0.39 is 0 Å². The maximum absolute atomic E-state index is 3.46. The Bertz CT molecular complexity index is 91.1. The van der Waals surface area contributed by atoms with Crippen molar-refractivity contribution in [1.29, 1.82) is 0 Å². The van der Waals surface area contributed by atoms with Crippen molar-refractivity contribution in [3.05, 3.63) is 0 Å². The van der Waals surface area contributed by atoms with E-state index in [1.54, 1.807) is 0 Å². The van der Waals surface area contributed by atoms with Crippen LogP contribution in [0.25, 0.3) is 0 Å². The van der Waals surface area contributed by atoms with Crippen molar-refractivity contribution >= 4 is 15.9 Å². The molecule has 0 fully saturated rings. The molecule has 0 aliphatic carbocycles. The molecule has 13 heavy (non-hydrogen) atoms. The predicted molar refractivity (Wildman–Crippen MR) is 65.6 cm³/mol. The van der Waals surface area contributed by atoms with Gasteiger partial charge >= 0.3 is 0 Å². The summed E-state index contributed by atoms with van der Waals surface area (Å²) < 4.78 is 0. The van der Waals surface area contributed by atoms with Crippen molar-refractivity contribution in [1.82, 2.24) is 0 Å². The molecule has 0 aliphatic heterocycles. The van der Waals surface area contributed by atoms with Gasteiger partial charge in [0.1, 0.15) is 0 Å². The van der Waals surface area contributed by atoms with Crippen LogP contribution >= 0.6 is 15.9 Å². The van der Waals surface area contributed by atoms with E-state index in [2.05, 4.69) is 29.8 Å². The third kappa shape index (κ3) is 10.4. The third-order valence-electron chi connectivity index (χ3n) is 2.78. The first-order valence-electron chi connectivity index (χ1n) is 5.87. The van der Waals surface area contributed by atoms with E-state index in [4.69, 9.17) is 0 Å². The Kier molecular flexibility index (Phi) is 11.0. The van der Waals surface area contributed by atoms with Gasteiger partial charge in [-0.25, -0.2) is 0 Å². The quantitative estimate of drug-likeness (QED) is 0.391. The highest BCUT2D eigenvalue weighted by Gasteiger charge is 1.97. The second kappa shape index (κ2) is 10.6. The summed E-state index contributed by atoms with van der Waals surface area (Å²) in [6.45, 7) is 4.66. The normalized spacial score (nSPS) is 13.2. The minimum absolute atomic E-state index is 0.947. The van der Waals surface area contributed by atoms with Gasteiger partial charge in [-0.15, -0.1) is 0 Å². The van der Waals surface area contributed by atoms with Crippen LogP contribution in [-0.2, 0) is 0 Å². The van der Waals surface area contributed by atoms with E-state index in [-0.39, 0.29) is 0 Å². The van der Waals surface area contributed by atoms with Crippen molar-refractivity contribution in [2.75, 3.05) is 5.33 Å². The van der Waals surface area contributed by atoms with Crippen LogP contribution in [0.3, 0.4) is 0 Å². The average molecular weight is 249 g/mol.